The van der Waals surface area contributed by atoms with Crippen LogP contribution in [0.1, 0.15) is 66.7 Å². The summed E-state index contributed by atoms with van der Waals surface area (Å²) in [6.45, 7) is 12.4. The topological polar surface area (TPSA) is 15.6 Å². The predicted octanol–water partition coefficient (Wildman–Crippen LogP) is 8.90. The molecule has 1 spiro atoms. The molecule has 0 amide bonds. The Bertz CT molecular complexity index is 1220. The summed E-state index contributed by atoms with van der Waals surface area (Å²) in [6.07, 6.45) is 8.65. The minimum atomic E-state index is 0.102. The van der Waals surface area contributed by atoms with Gasteiger partial charge in [-0.3, -0.25) is 4.90 Å². The third-order valence-electron chi connectivity index (χ3n) is 7.98. The minimum absolute atomic E-state index is 0.102. The molecule has 6 rings (SSSR count). The number of fused-ring (bicyclic) bond motifs is 1. The summed E-state index contributed by atoms with van der Waals surface area (Å²) in [5.74, 6) is 0. The lowest BCUT2D eigenvalue weighted by Gasteiger charge is -2.61. The average Bonchev–Trinajstić information content (AvgIpc) is 2.71. The summed E-state index contributed by atoms with van der Waals surface area (Å²) >= 11 is 2.05. The van der Waals surface area contributed by atoms with Crippen molar-refractivity contribution >= 4 is 28.3 Å². The predicted molar refractivity (Wildman–Crippen MR) is 147 cm³/mol. The first kappa shape index (κ1) is 22.2. The van der Waals surface area contributed by atoms with Crippen molar-refractivity contribution in [2.24, 2.45) is 21.2 Å². The van der Waals surface area contributed by atoms with Gasteiger partial charge < -0.3 is 0 Å². The number of benzene rings is 2. The van der Waals surface area contributed by atoms with Crippen LogP contribution >= 0.6 is 11.8 Å². The van der Waals surface area contributed by atoms with E-state index in [1.807, 2.05) is 0 Å². The van der Waals surface area contributed by atoms with Gasteiger partial charge in [-0.1, -0.05) is 88.9 Å². The maximum Gasteiger partial charge on any atom is 0.174 e. The second-order valence-corrected chi connectivity index (χ2v) is 14.2. The van der Waals surface area contributed by atoms with Gasteiger partial charge in [-0.05, 0) is 83.8 Å². The summed E-state index contributed by atoms with van der Waals surface area (Å²) in [5, 5.41) is 1.13. The van der Waals surface area contributed by atoms with Crippen molar-refractivity contribution in [1.29, 1.82) is 0 Å². The number of amidine groups is 1. The lowest BCUT2D eigenvalue weighted by Crippen LogP contribution is -2.55. The van der Waals surface area contributed by atoms with Gasteiger partial charge in [-0.25, -0.2) is 4.99 Å². The van der Waals surface area contributed by atoms with E-state index in [1.54, 1.807) is 11.1 Å². The van der Waals surface area contributed by atoms with Crippen LogP contribution in [0.15, 0.2) is 88.6 Å². The van der Waals surface area contributed by atoms with Crippen LogP contribution in [0.5, 0.6) is 0 Å². The zero-order valence-corrected chi connectivity index (χ0v) is 22.0. The molecular formula is C31H36N2S. The molecule has 2 atom stereocenters. The second kappa shape index (κ2) is 7.37. The smallest absolute Gasteiger partial charge is 0.174 e. The highest BCUT2D eigenvalue weighted by atomic mass is 32.2. The van der Waals surface area contributed by atoms with Gasteiger partial charge in [0.15, 0.2) is 5.17 Å². The third kappa shape index (κ3) is 3.68. The van der Waals surface area contributed by atoms with Crippen molar-refractivity contribution in [3.63, 3.8) is 0 Å². The summed E-state index contributed by atoms with van der Waals surface area (Å²) in [6, 6.07) is 21.4. The quantitative estimate of drug-likeness (QED) is 0.437. The van der Waals surface area contributed by atoms with Crippen molar-refractivity contribution in [3.05, 3.63) is 83.6 Å². The average molecular weight is 469 g/mol. The molecule has 4 aliphatic rings. The molecule has 0 aromatic heterocycles. The number of rotatable bonds is 2. The molecule has 34 heavy (non-hydrogen) atoms. The van der Waals surface area contributed by atoms with E-state index in [4.69, 9.17) is 4.99 Å². The molecule has 1 heterocycles. The standard InChI is InChI=1S/C31H36N2S/c1-28(2)16-22-17-30(5)19-29(3,4)20-31(21-30)26(22)25(18-28)33(24-14-10-7-11-15-24)27(34-31)32-23-12-8-6-9-13-23/h6-15,17H,16,18-21H2,1-5H3. The van der Waals surface area contributed by atoms with Crippen LogP contribution in [0.4, 0.5) is 11.4 Å². The fourth-order valence-electron chi connectivity index (χ4n) is 7.66. The lowest BCUT2D eigenvalue weighted by molar-refractivity contribution is 0.107. The first-order valence-electron chi connectivity index (χ1n) is 12.7. The monoisotopic (exact) mass is 468 g/mol. The summed E-state index contributed by atoms with van der Waals surface area (Å²) in [7, 11) is 0. The fourth-order valence-corrected chi connectivity index (χ4v) is 9.68. The number of para-hydroxylation sites is 2. The zero-order chi connectivity index (χ0) is 23.8. The van der Waals surface area contributed by atoms with Gasteiger partial charge in [0, 0.05) is 11.4 Å². The lowest BCUT2D eigenvalue weighted by atomic mass is 9.52. The normalized spacial score (nSPS) is 32.3. The van der Waals surface area contributed by atoms with Crippen molar-refractivity contribution in [3.8, 4) is 0 Å². The van der Waals surface area contributed by atoms with Crippen LogP contribution in [-0.4, -0.2) is 9.91 Å². The zero-order valence-electron chi connectivity index (χ0n) is 21.2. The Morgan fingerprint density at radius 1 is 0.765 bits per heavy atom. The molecule has 1 aliphatic heterocycles. The second-order valence-electron chi connectivity index (χ2n) is 12.9. The van der Waals surface area contributed by atoms with Crippen LogP contribution in [0.3, 0.4) is 0 Å². The Balaban J connectivity index is 1.64. The fraction of sp³-hybridized carbons (Fsp3) is 0.452. The van der Waals surface area contributed by atoms with E-state index in [1.165, 1.54) is 37.1 Å². The molecule has 2 nitrogen and oxygen atoms in total. The molecule has 2 aromatic rings. The summed E-state index contributed by atoms with van der Waals surface area (Å²) < 4.78 is 0.102. The van der Waals surface area contributed by atoms with E-state index in [2.05, 4.69) is 118 Å². The van der Waals surface area contributed by atoms with Crippen LogP contribution in [0, 0.1) is 16.2 Å². The number of aliphatic imine (C=N–C) groups is 1. The van der Waals surface area contributed by atoms with Crippen molar-refractivity contribution in [2.45, 2.75) is 71.5 Å². The van der Waals surface area contributed by atoms with Gasteiger partial charge >= 0.3 is 0 Å². The highest BCUT2D eigenvalue weighted by molar-refractivity contribution is 8.15. The van der Waals surface area contributed by atoms with Crippen LogP contribution in [0.2, 0.25) is 0 Å². The highest BCUT2D eigenvalue weighted by Crippen LogP contribution is 2.68. The number of nitrogens with zero attached hydrogens (tertiary/aromatic N) is 2. The van der Waals surface area contributed by atoms with Crippen molar-refractivity contribution in [2.75, 3.05) is 4.90 Å². The Hall–Kier alpha value is -2.26. The third-order valence-corrected chi connectivity index (χ3v) is 9.32. The van der Waals surface area contributed by atoms with E-state index in [9.17, 15) is 0 Å². The van der Waals surface area contributed by atoms with Gasteiger partial charge in [0.25, 0.3) is 0 Å². The van der Waals surface area contributed by atoms with Gasteiger partial charge in [0.2, 0.25) is 0 Å². The molecule has 1 fully saturated rings. The Morgan fingerprint density at radius 2 is 1.44 bits per heavy atom. The van der Waals surface area contributed by atoms with Gasteiger partial charge in [-0.2, -0.15) is 0 Å². The maximum absolute atomic E-state index is 5.33. The van der Waals surface area contributed by atoms with Gasteiger partial charge in [0.05, 0.1) is 10.4 Å². The van der Waals surface area contributed by atoms with E-state index in [0.717, 1.165) is 17.3 Å². The molecule has 176 valence electrons. The molecule has 2 aromatic carbocycles. The molecule has 2 bridgehead atoms. The number of hydrogen-bond donors (Lipinski definition) is 0. The number of allylic oxidation sites excluding steroid dienone is 3. The minimum Gasteiger partial charge on any atom is -0.293 e. The molecule has 0 radical (unpaired) electrons. The van der Waals surface area contributed by atoms with E-state index in [0.29, 0.717) is 5.41 Å². The number of hydrogen-bond acceptors (Lipinski definition) is 2. The van der Waals surface area contributed by atoms with Gasteiger partial charge in [0.1, 0.15) is 0 Å². The first-order chi connectivity index (χ1) is 16.1. The molecule has 3 heteroatoms. The summed E-state index contributed by atoms with van der Waals surface area (Å²) in [5.41, 5.74) is 7.78. The Morgan fingerprint density at radius 3 is 2.15 bits per heavy atom. The van der Waals surface area contributed by atoms with E-state index >= 15 is 0 Å². The van der Waals surface area contributed by atoms with E-state index < -0.39 is 0 Å². The molecule has 1 saturated carbocycles. The van der Waals surface area contributed by atoms with E-state index in [-0.39, 0.29) is 15.6 Å². The molecular weight excluding hydrogens is 432 g/mol. The Labute approximate surface area is 209 Å². The van der Waals surface area contributed by atoms with Crippen molar-refractivity contribution < 1.29 is 0 Å². The largest absolute Gasteiger partial charge is 0.293 e. The van der Waals surface area contributed by atoms with Gasteiger partial charge in [-0.15, -0.1) is 0 Å². The highest BCUT2D eigenvalue weighted by Gasteiger charge is 2.59. The molecule has 0 N–H and O–H groups in total. The summed E-state index contributed by atoms with van der Waals surface area (Å²) in [4.78, 5) is 7.82. The number of anilines is 1. The Kier molecular flexibility index (Phi) is 4.82. The molecule has 2 unspecified atom stereocenters. The van der Waals surface area contributed by atoms with Crippen molar-refractivity contribution in [1.82, 2.24) is 0 Å². The SMILES string of the molecule is CC1(C)CC2=CC3(C)CC(C)(C)CC4(C3)SC(=Nc3ccccc3)N(c3ccccc3)C(=C24)C1. The number of thioether (sulfide) groups is 1. The van der Waals surface area contributed by atoms with Crippen LogP contribution in [0.25, 0.3) is 0 Å². The first-order valence-corrected chi connectivity index (χ1v) is 13.5. The maximum atomic E-state index is 5.33. The van der Waals surface area contributed by atoms with Crippen LogP contribution in [-0.2, 0) is 0 Å². The molecule has 3 aliphatic carbocycles. The van der Waals surface area contributed by atoms with Crippen LogP contribution < -0.4 is 4.90 Å². The molecule has 0 saturated heterocycles.